The van der Waals surface area contributed by atoms with Crippen molar-refractivity contribution >= 4 is 53.2 Å². The van der Waals surface area contributed by atoms with Gasteiger partial charge in [0.05, 0.1) is 3.79 Å². The lowest BCUT2D eigenvalue weighted by Gasteiger charge is -2.07. The van der Waals surface area contributed by atoms with E-state index in [-0.39, 0.29) is 4.83 Å². The van der Waals surface area contributed by atoms with Gasteiger partial charge in [-0.3, -0.25) is 0 Å². The molecule has 0 aromatic carbocycles. The summed E-state index contributed by atoms with van der Waals surface area (Å²) in [7, 11) is -3.36. The molecule has 7 heteroatoms. The van der Waals surface area contributed by atoms with Crippen molar-refractivity contribution in [2.75, 3.05) is 6.54 Å². The van der Waals surface area contributed by atoms with Crippen molar-refractivity contribution in [3.63, 3.8) is 0 Å². The molecule has 0 spiro atoms. The predicted octanol–water partition coefficient (Wildman–Crippen LogP) is 3.27. The van der Waals surface area contributed by atoms with Gasteiger partial charge in [0.1, 0.15) is 4.21 Å². The van der Waals surface area contributed by atoms with Crippen LogP contribution in [0.4, 0.5) is 0 Å². The molecule has 1 heterocycles. The second kappa shape index (κ2) is 5.95. The monoisotopic (exact) mass is 389 g/mol. The van der Waals surface area contributed by atoms with Crippen LogP contribution < -0.4 is 4.72 Å². The molecule has 92 valence electrons. The zero-order valence-corrected chi connectivity index (χ0v) is 13.8. The van der Waals surface area contributed by atoms with Crippen LogP contribution in [-0.2, 0) is 10.0 Å². The molecule has 0 aliphatic rings. The van der Waals surface area contributed by atoms with Crippen molar-refractivity contribution < 1.29 is 8.42 Å². The Morgan fingerprint density at radius 2 is 2.19 bits per heavy atom. The second-order valence-corrected chi connectivity index (χ2v) is 9.04. The Morgan fingerprint density at radius 1 is 1.56 bits per heavy atom. The molecular formula is C9H13Br2NO2S2. The summed E-state index contributed by atoms with van der Waals surface area (Å²) < 4.78 is 27.5. The Balaban J connectivity index is 2.78. The highest BCUT2D eigenvalue weighted by Crippen LogP contribution is 2.30. The van der Waals surface area contributed by atoms with E-state index in [1.165, 1.54) is 11.3 Å². The molecule has 0 aliphatic carbocycles. The van der Waals surface area contributed by atoms with Crippen molar-refractivity contribution in [2.45, 2.75) is 29.3 Å². The standard InChI is InChI=1S/C9H13Br2NO2S2/c1-3-7(10)5-12-16(13,14)8-4-6(2)9(11)15-8/h4,7,12H,3,5H2,1-2H3. The molecule has 16 heavy (non-hydrogen) atoms. The van der Waals surface area contributed by atoms with Crippen LogP contribution in [0.1, 0.15) is 18.9 Å². The van der Waals surface area contributed by atoms with E-state index >= 15 is 0 Å². The maximum atomic E-state index is 11.9. The zero-order chi connectivity index (χ0) is 12.3. The number of hydrogen-bond acceptors (Lipinski definition) is 3. The summed E-state index contributed by atoms with van der Waals surface area (Å²) in [6, 6.07) is 1.67. The fourth-order valence-corrected chi connectivity index (χ4v) is 4.71. The maximum Gasteiger partial charge on any atom is 0.250 e. The van der Waals surface area contributed by atoms with Crippen LogP contribution in [0.5, 0.6) is 0 Å². The van der Waals surface area contributed by atoms with Gasteiger partial charge < -0.3 is 0 Å². The Bertz CT molecular complexity index is 437. The van der Waals surface area contributed by atoms with E-state index in [4.69, 9.17) is 0 Å². The minimum absolute atomic E-state index is 0.173. The van der Waals surface area contributed by atoms with Gasteiger partial charge in [0.2, 0.25) is 10.0 Å². The molecule has 0 amide bonds. The third kappa shape index (κ3) is 3.80. The molecule has 3 nitrogen and oxygen atoms in total. The smallest absolute Gasteiger partial charge is 0.209 e. The lowest BCUT2D eigenvalue weighted by Crippen LogP contribution is -2.28. The summed E-state index contributed by atoms with van der Waals surface area (Å²) in [4.78, 5) is 0.173. The summed E-state index contributed by atoms with van der Waals surface area (Å²) in [5.74, 6) is 0. The summed E-state index contributed by atoms with van der Waals surface area (Å²) in [6.45, 7) is 4.28. The Kier molecular flexibility index (Phi) is 5.44. The third-order valence-corrected chi connectivity index (χ3v) is 7.04. The molecule has 0 aliphatic heterocycles. The average Bonchev–Trinajstić information content (AvgIpc) is 2.56. The van der Waals surface area contributed by atoms with Gasteiger partial charge in [0.15, 0.2) is 0 Å². The van der Waals surface area contributed by atoms with Gasteiger partial charge in [-0.2, -0.15) is 0 Å². The molecule has 1 unspecified atom stereocenters. The van der Waals surface area contributed by atoms with Crippen molar-refractivity contribution in [1.29, 1.82) is 0 Å². The van der Waals surface area contributed by atoms with Gasteiger partial charge in [-0.15, -0.1) is 11.3 Å². The van der Waals surface area contributed by atoms with Gasteiger partial charge in [-0.05, 0) is 40.9 Å². The fraction of sp³-hybridized carbons (Fsp3) is 0.556. The first kappa shape index (κ1) is 14.6. The van der Waals surface area contributed by atoms with Crippen LogP contribution >= 0.6 is 43.2 Å². The number of nitrogens with one attached hydrogen (secondary N) is 1. The quantitative estimate of drug-likeness (QED) is 0.784. The summed E-state index contributed by atoms with van der Waals surface area (Å²) in [6.07, 6.45) is 0.885. The summed E-state index contributed by atoms with van der Waals surface area (Å²) >= 11 is 7.94. The number of hydrogen-bond donors (Lipinski definition) is 1. The lowest BCUT2D eigenvalue weighted by atomic mass is 10.3. The number of thiophene rings is 1. The molecule has 1 aromatic rings. The van der Waals surface area contributed by atoms with Crippen LogP contribution in [0, 0.1) is 6.92 Å². The molecular weight excluding hydrogens is 378 g/mol. The van der Waals surface area contributed by atoms with Crippen LogP contribution in [0.25, 0.3) is 0 Å². The Labute approximate surface area is 117 Å². The maximum absolute atomic E-state index is 11.9. The van der Waals surface area contributed by atoms with Crippen LogP contribution in [0.15, 0.2) is 14.1 Å². The van der Waals surface area contributed by atoms with Gasteiger partial charge >= 0.3 is 0 Å². The van der Waals surface area contributed by atoms with Crippen LogP contribution in [0.3, 0.4) is 0 Å². The number of rotatable bonds is 5. The van der Waals surface area contributed by atoms with Gasteiger partial charge in [0, 0.05) is 11.4 Å². The highest BCUT2D eigenvalue weighted by Gasteiger charge is 2.18. The normalized spacial score (nSPS) is 14.0. The van der Waals surface area contributed by atoms with Crippen molar-refractivity contribution in [1.82, 2.24) is 4.72 Å². The average molecular weight is 391 g/mol. The van der Waals surface area contributed by atoms with Crippen LogP contribution in [-0.4, -0.2) is 19.8 Å². The Hall–Kier alpha value is 0.570. The number of alkyl halides is 1. The van der Waals surface area contributed by atoms with Gasteiger partial charge in [-0.1, -0.05) is 22.9 Å². The van der Waals surface area contributed by atoms with Crippen molar-refractivity contribution in [3.05, 3.63) is 15.4 Å². The first-order valence-electron chi connectivity index (χ1n) is 4.76. The molecule has 1 rings (SSSR count). The Morgan fingerprint density at radius 3 is 2.62 bits per heavy atom. The van der Waals surface area contributed by atoms with E-state index in [9.17, 15) is 8.42 Å². The van der Waals surface area contributed by atoms with E-state index in [0.29, 0.717) is 10.8 Å². The first-order valence-corrected chi connectivity index (χ1v) is 8.77. The van der Waals surface area contributed by atoms with E-state index in [1.54, 1.807) is 6.07 Å². The molecule has 0 bridgehead atoms. The minimum atomic E-state index is -3.36. The van der Waals surface area contributed by atoms with E-state index < -0.39 is 10.0 Å². The molecule has 0 saturated carbocycles. The highest BCUT2D eigenvalue weighted by molar-refractivity contribution is 9.11. The largest absolute Gasteiger partial charge is 0.250 e. The molecule has 1 aromatic heterocycles. The van der Waals surface area contributed by atoms with Crippen LogP contribution in [0.2, 0.25) is 0 Å². The fourth-order valence-electron chi connectivity index (χ4n) is 0.980. The number of aryl methyl sites for hydroxylation is 1. The topological polar surface area (TPSA) is 46.2 Å². The SMILES string of the molecule is CCC(Br)CNS(=O)(=O)c1cc(C)c(Br)s1. The first-order chi connectivity index (χ1) is 7.36. The van der Waals surface area contributed by atoms with Crippen molar-refractivity contribution in [2.24, 2.45) is 0 Å². The molecule has 1 N–H and O–H groups in total. The summed E-state index contributed by atoms with van der Waals surface area (Å²) in [5, 5.41) is 0. The van der Waals surface area contributed by atoms with Crippen molar-refractivity contribution in [3.8, 4) is 0 Å². The lowest BCUT2D eigenvalue weighted by molar-refractivity contribution is 0.582. The molecule has 0 saturated heterocycles. The highest BCUT2D eigenvalue weighted by atomic mass is 79.9. The van der Waals surface area contributed by atoms with Gasteiger partial charge in [-0.25, -0.2) is 13.1 Å². The third-order valence-electron chi connectivity index (χ3n) is 2.04. The molecule has 0 radical (unpaired) electrons. The minimum Gasteiger partial charge on any atom is -0.209 e. The number of sulfonamides is 1. The summed E-state index contributed by atoms with van der Waals surface area (Å²) in [5.41, 5.74) is 0.941. The second-order valence-electron chi connectivity index (χ2n) is 3.38. The molecule has 0 fully saturated rings. The zero-order valence-electron chi connectivity index (χ0n) is 8.96. The van der Waals surface area contributed by atoms with E-state index in [2.05, 4.69) is 36.6 Å². The van der Waals surface area contributed by atoms with E-state index in [1.807, 2.05) is 13.8 Å². The predicted molar refractivity (Wildman–Crippen MR) is 75.0 cm³/mol. The number of halogens is 2. The molecule has 1 atom stereocenters. The van der Waals surface area contributed by atoms with E-state index in [0.717, 1.165) is 15.8 Å². The van der Waals surface area contributed by atoms with Gasteiger partial charge in [0.25, 0.3) is 0 Å².